The second-order valence-electron chi connectivity index (χ2n) is 4.23. The molecule has 1 fully saturated rings. The minimum atomic E-state index is 0.124. The van der Waals surface area contributed by atoms with Gasteiger partial charge in [-0.05, 0) is 12.3 Å². The Balaban J connectivity index is 2.12. The third-order valence-electron chi connectivity index (χ3n) is 2.18. The van der Waals surface area contributed by atoms with E-state index >= 15 is 0 Å². The van der Waals surface area contributed by atoms with Crippen LogP contribution in [0.5, 0.6) is 0 Å². The second-order valence-corrected chi connectivity index (χ2v) is 4.23. The molecule has 0 saturated carbocycles. The quantitative estimate of drug-likeness (QED) is 0.653. The number of hydrogen-bond donors (Lipinski definition) is 1. The minimum Gasteiger partial charge on any atom is -0.371 e. The normalized spacial score (nSPS) is 22.9. The molecule has 1 N–H and O–H groups in total. The van der Waals surface area contributed by atoms with Gasteiger partial charge in [0.05, 0.1) is 12.7 Å². The molecule has 0 aromatic rings. The van der Waals surface area contributed by atoms with E-state index in [1.165, 1.54) is 0 Å². The van der Waals surface area contributed by atoms with E-state index in [0.717, 1.165) is 13.0 Å². The van der Waals surface area contributed by atoms with Gasteiger partial charge >= 0.3 is 0 Å². The SMILES string of the molecule is CC(C)CC(C)C(=O)NCC1CO1. The van der Waals surface area contributed by atoms with Gasteiger partial charge in [-0.15, -0.1) is 0 Å². The summed E-state index contributed by atoms with van der Waals surface area (Å²) in [5, 5.41) is 2.89. The summed E-state index contributed by atoms with van der Waals surface area (Å²) >= 11 is 0. The Bertz CT molecular complexity index is 176. The van der Waals surface area contributed by atoms with Gasteiger partial charge in [-0.1, -0.05) is 20.8 Å². The van der Waals surface area contributed by atoms with Crippen LogP contribution in [0.2, 0.25) is 0 Å². The number of ether oxygens (including phenoxy) is 1. The summed E-state index contributed by atoms with van der Waals surface area (Å²) < 4.78 is 5.01. The lowest BCUT2D eigenvalue weighted by Gasteiger charge is -2.13. The van der Waals surface area contributed by atoms with Gasteiger partial charge in [0, 0.05) is 12.5 Å². The van der Waals surface area contributed by atoms with Crippen LogP contribution in [0.1, 0.15) is 27.2 Å². The van der Waals surface area contributed by atoms with Gasteiger partial charge in [-0.2, -0.15) is 0 Å². The molecule has 0 radical (unpaired) electrons. The standard InChI is InChI=1S/C10H19NO2/c1-7(2)4-8(3)10(12)11-5-9-6-13-9/h7-9H,4-6H2,1-3H3,(H,11,12). The van der Waals surface area contributed by atoms with Crippen LogP contribution >= 0.6 is 0 Å². The first-order valence-corrected chi connectivity index (χ1v) is 4.99. The lowest BCUT2D eigenvalue weighted by Crippen LogP contribution is -2.32. The molecule has 13 heavy (non-hydrogen) atoms. The van der Waals surface area contributed by atoms with Crippen LogP contribution in [0.15, 0.2) is 0 Å². The van der Waals surface area contributed by atoms with Gasteiger partial charge in [0.1, 0.15) is 0 Å². The van der Waals surface area contributed by atoms with E-state index in [1.54, 1.807) is 0 Å². The Morgan fingerprint density at radius 3 is 2.62 bits per heavy atom. The minimum absolute atomic E-state index is 0.124. The van der Waals surface area contributed by atoms with Crippen molar-refractivity contribution in [2.75, 3.05) is 13.2 Å². The Morgan fingerprint density at radius 2 is 2.15 bits per heavy atom. The van der Waals surface area contributed by atoms with Gasteiger partial charge < -0.3 is 10.1 Å². The molecule has 0 aliphatic carbocycles. The molecule has 0 aromatic heterocycles. The molecule has 1 heterocycles. The molecule has 1 amide bonds. The van der Waals surface area contributed by atoms with Crippen LogP contribution in [0, 0.1) is 11.8 Å². The smallest absolute Gasteiger partial charge is 0.222 e. The molecule has 1 aliphatic heterocycles. The lowest BCUT2D eigenvalue weighted by molar-refractivity contribution is -0.125. The van der Waals surface area contributed by atoms with Crippen molar-refractivity contribution in [2.45, 2.75) is 33.3 Å². The van der Waals surface area contributed by atoms with E-state index in [-0.39, 0.29) is 17.9 Å². The highest BCUT2D eigenvalue weighted by Gasteiger charge is 2.24. The molecule has 1 rings (SSSR count). The summed E-state index contributed by atoms with van der Waals surface area (Å²) in [6.07, 6.45) is 1.24. The van der Waals surface area contributed by atoms with E-state index in [9.17, 15) is 4.79 Å². The molecule has 3 nitrogen and oxygen atoms in total. The lowest BCUT2D eigenvalue weighted by atomic mass is 9.98. The first-order valence-electron chi connectivity index (χ1n) is 4.99. The van der Waals surface area contributed by atoms with E-state index < -0.39 is 0 Å². The van der Waals surface area contributed by atoms with Crippen LogP contribution in [-0.2, 0) is 9.53 Å². The molecular formula is C10H19NO2. The monoisotopic (exact) mass is 185 g/mol. The maximum absolute atomic E-state index is 11.4. The summed E-state index contributed by atoms with van der Waals surface area (Å²) in [4.78, 5) is 11.4. The van der Waals surface area contributed by atoms with Crippen LogP contribution in [0.3, 0.4) is 0 Å². The predicted molar refractivity (Wildman–Crippen MR) is 51.4 cm³/mol. The highest BCUT2D eigenvalue weighted by molar-refractivity contribution is 5.78. The molecule has 3 heteroatoms. The van der Waals surface area contributed by atoms with Crippen molar-refractivity contribution in [1.82, 2.24) is 5.32 Å². The zero-order chi connectivity index (χ0) is 9.84. The number of hydrogen-bond acceptors (Lipinski definition) is 2. The van der Waals surface area contributed by atoms with Crippen LogP contribution < -0.4 is 5.32 Å². The van der Waals surface area contributed by atoms with Crippen molar-refractivity contribution in [1.29, 1.82) is 0 Å². The number of epoxide rings is 1. The Kier molecular flexibility index (Phi) is 3.72. The van der Waals surface area contributed by atoms with Crippen LogP contribution in [0.4, 0.5) is 0 Å². The summed E-state index contributed by atoms with van der Waals surface area (Å²) in [7, 11) is 0. The predicted octanol–water partition coefficient (Wildman–Crippen LogP) is 1.18. The van der Waals surface area contributed by atoms with Gasteiger partial charge in [-0.25, -0.2) is 0 Å². The number of nitrogens with one attached hydrogen (secondary N) is 1. The van der Waals surface area contributed by atoms with Crippen molar-refractivity contribution in [3.05, 3.63) is 0 Å². The number of rotatable bonds is 5. The van der Waals surface area contributed by atoms with E-state index in [4.69, 9.17) is 4.74 Å². The average molecular weight is 185 g/mol. The van der Waals surface area contributed by atoms with Crippen molar-refractivity contribution in [3.8, 4) is 0 Å². The highest BCUT2D eigenvalue weighted by Crippen LogP contribution is 2.11. The molecule has 2 unspecified atom stereocenters. The van der Waals surface area contributed by atoms with E-state index in [1.807, 2.05) is 6.92 Å². The highest BCUT2D eigenvalue weighted by atomic mass is 16.6. The molecule has 0 spiro atoms. The number of carbonyl (C=O) groups excluding carboxylic acids is 1. The van der Waals surface area contributed by atoms with Crippen LogP contribution in [0.25, 0.3) is 0 Å². The maximum Gasteiger partial charge on any atom is 0.222 e. The summed E-state index contributed by atoms with van der Waals surface area (Å²) in [5.74, 6) is 0.862. The zero-order valence-corrected chi connectivity index (χ0v) is 8.67. The van der Waals surface area contributed by atoms with Crippen LogP contribution in [-0.4, -0.2) is 25.2 Å². The topological polar surface area (TPSA) is 41.6 Å². The first kappa shape index (κ1) is 10.5. The number of amides is 1. The second kappa shape index (κ2) is 4.61. The Labute approximate surface area is 79.8 Å². The molecule has 1 saturated heterocycles. The van der Waals surface area contributed by atoms with Gasteiger partial charge in [0.15, 0.2) is 0 Å². The Morgan fingerprint density at radius 1 is 1.54 bits per heavy atom. The zero-order valence-electron chi connectivity index (χ0n) is 8.67. The van der Waals surface area contributed by atoms with E-state index in [0.29, 0.717) is 12.5 Å². The summed E-state index contributed by atoms with van der Waals surface area (Å²) in [5.41, 5.74) is 0. The summed E-state index contributed by atoms with van der Waals surface area (Å²) in [6, 6.07) is 0. The van der Waals surface area contributed by atoms with Crippen molar-refractivity contribution in [2.24, 2.45) is 11.8 Å². The maximum atomic E-state index is 11.4. The van der Waals surface area contributed by atoms with E-state index in [2.05, 4.69) is 19.2 Å². The fourth-order valence-corrected chi connectivity index (χ4v) is 1.39. The van der Waals surface area contributed by atoms with Gasteiger partial charge in [0.25, 0.3) is 0 Å². The molecule has 76 valence electrons. The Hall–Kier alpha value is -0.570. The van der Waals surface area contributed by atoms with Gasteiger partial charge in [0.2, 0.25) is 5.91 Å². The fraction of sp³-hybridized carbons (Fsp3) is 0.900. The first-order chi connectivity index (χ1) is 6.09. The molecular weight excluding hydrogens is 166 g/mol. The molecule has 1 aliphatic rings. The third-order valence-corrected chi connectivity index (χ3v) is 2.18. The average Bonchev–Trinajstić information content (AvgIpc) is 2.81. The van der Waals surface area contributed by atoms with Crippen molar-refractivity contribution < 1.29 is 9.53 Å². The molecule has 0 bridgehead atoms. The van der Waals surface area contributed by atoms with Crippen molar-refractivity contribution >= 4 is 5.91 Å². The third kappa shape index (κ3) is 4.27. The fourth-order valence-electron chi connectivity index (χ4n) is 1.39. The molecule has 2 atom stereocenters. The summed E-state index contributed by atoms with van der Waals surface area (Å²) in [6.45, 7) is 7.73. The van der Waals surface area contributed by atoms with Gasteiger partial charge in [-0.3, -0.25) is 4.79 Å². The molecule has 0 aromatic carbocycles. The largest absolute Gasteiger partial charge is 0.371 e. The number of carbonyl (C=O) groups is 1. The van der Waals surface area contributed by atoms with Crippen molar-refractivity contribution in [3.63, 3.8) is 0 Å².